The number of ether oxygens (including phenoxy) is 1. The Morgan fingerprint density at radius 1 is 1.16 bits per heavy atom. The van der Waals surface area contributed by atoms with Crippen molar-refractivity contribution in [1.29, 1.82) is 0 Å². The van der Waals surface area contributed by atoms with Crippen molar-refractivity contribution in [1.82, 2.24) is 24.3 Å². The van der Waals surface area contributed by atoms with E-state index in [0.717, 1.165) is 33.1 Å². The Morgan fingerprint density at radius 2 is 2.00 bits per heavy atom. The first-order valence-electron chi connectivity index (χ1n) is 10.8. The van der Waals surface area contributed by atoms with Crippen molar-refractivity contribution < 1.29 is 4.74 Å². The molecule has 0 spiro atoms. The molecule has 0 atom stereocenters. The van der Waals surface area contributed by atoms with Crippen molar-refractivity contribution >= 4 is 22.7 Å². The van der Waals surface area contributed by atoms with Gasteiger partial charge in [-0.25, -0.2) is 9.97 Å². The maximum Gasteiger partial charge on any atom is 0.261 e. The van der Waals surface area contributed by atoms with Crippen molar-refractivity contribution in [3.05, 3.63) is 53.3 Å². The molecular formula is C24H25N5O2S. The summed E-state index contributed by atoms with van der Waals surface area (Å²) in [5.74, 6) is 2.98. The number of pyridine rings is 1. The van der Waals surface area contributed by atoms with E-state index >= 15 is 0 Å². The number of hydrogen-bond acceptors (Lipinski definition) is 6. The fourth-order valence-electron chi connectivity index (χ4n) is 3.71. The lowest BCUT2D eigenvalue weighted by Crippen LogP contribution is -2.17. The Kier molecular flexibility index (Phi) is 5.46. The Morgan fingerprint density at radius 3 is 2.72 bits per heavy atom. The van der Waals surface area contributed by atoms with Crippen molar-refractivity contribution in [2.75, 3.05) is 12.4 Å². The first-order chi connectivity index (χ1) is 15.5. The zero-order valence-electron chi connectivity index (χ0n) is 18.4. The van der Waals surface area contributed by atoms with Crippen LogP contribution in [0.5, 0.6) is 5.75 Å². The summed E-state index contributed by atoms with van der Waals surface area (Å²) in [6, 6.07) is 6.28. The van der Waals surface area contributed by atoms with Gasteiger partial charge in [0.25, 0.3) is 5.56 Å². The number of fused-ring (bicyclic) bond motifs is 1. The fraction of sp³-hybridized carbons (Fsp3) is 0.333. The van der Waals surface area contributed by atoms with Crippen LogP contribution in [0.3, 0.4) is 0 Å². The van der Waals surface area contributed by atoms with Gasteiger partial charge >= 0.3 is 0 Å². The Labute approximate surface area is 190 Å². The third-order valence-corrected chi connectivity index (χ3v) is 6.48. The molecule has 32 heavy (non-hydrogen) atoms. The van der Waals surface area contributed by atoms with Gasteiger partial charge in [0, 0.05) is 48.7 Å². The van der Waals surface area contributed by atoms with Crippen molar-refractivity contribution in [2.45, 2.75) is 24.7 Å². The van der Waals surface area contributed by atoms with E-state index in [1.165, 1.54) is 12.8 Å². The summed E-state index contributed by atoms with van der Waals surface area (Å²) >= 11 is 1.78. The number of thioether (sulfide) groups is 1. The average Bonchev–Trinajstić information content (AvgIpc) is 3.53. The van der Waals surface area contributed by atoms with E-state index in [9.17, 15) is 4.79 Å². The summed E-state index contributed by atoms with van der Waals surface area (Å²) < 4.78 is 9.54. The molecule has 0 bridgehead atoms. The molecule has 0 aliphatic heterocycles. The summed E-state index contributed by atoms with van der Waals surface area (Å²) in [6.07, 6.45) is 9.51. The number of nitrogens with zero attached hydrogens (tertiary/aromatic N) is 5. The summed E-state index contributed by atoms with van der Waals surface area (Å²) in [4.78, 5) is 23.3. The van der Waals surface area contributed by atoms with Gasteiger partial charge in [-0.2, -0.15) is 5.10 Å². The first kappa shape index (κ1) is 20.8. The monoisotopic (exact) mass is 447 g/mol. The normalized spacial score (nSPS) is 13.6. The number of rotatable bonds is 7. The lowest BCUT2D eigenvalue weighted by atomic mass is 10.0. The Bertz CT molecular complexity index is 1360. The largest absolute Gasteiger partial charge is 0.493 e. The highest BCUT2D eigenvalue weighted by Gasteiger charge is 2.23. The van der Waals surface area contributed by atoms with Crippen LogP contribution in [-0.2, 0) is 14.1 Å². The maximum absolute atomic E-state index is 12.9. The molecule has 0 radical (unpaired) electrons. The van der Waals surface area contributed by atoms with Crippen LogP contribution in [-0.4, -0.2) is 36.7 Å². The second-order valence-electron chi connectivity index (χ2n) is 8.16. The van der Waals surface area contributed by atoms with E-state index < -0.39 is 0 Å². The third kappa shape index (κ3) is 4.02. The van der Waals surface area contributed by atoms with Crippen LogP contribution in [0.2, 0.25) is 0 Å². The first-order valence-corrected chi connectivity index (χ1v) is 11.8. The second kappa shape index (κ2) is 8.43. The number of aromatic nitrogens is 5. The van der Waals surface area contributed by atoms with Gasteiger partial charge in [0.05, 0.1) is 29.3 Å². The highest BCUT2D eigenvalue weighted by atomic mass is 32.2. The van der Waals surface area contributed by atoms with E-state index in [1.54, 1.807) is 40.5 Å². The lowest BCUT2D eigenvalue weighted by Gasteiger charge is -2.15. The van der Waals surface area contributed by atoms with Crippen LogP contribution in [0.25, 0.3) is 33.4 Å². The summed E-state index contributed by atoms with van der Waals surface area (Å²) in [5, 5.41) is 4.71. The summed E-state index contributed by atoms with van der Waals surface area (Å²) in [7, 11) is 3.61. The molecule has 3 aromatic heterocycles. The van der Waals surface area contributed by atoms with Crippen LogP contribution in [0, 0.1) is 5.92 Å². The minimum absolute atomic E-state index is 0.124. The van der Waals surface area contributed by atoms with E-state index in [2.05, 4.69) is 29.1 Å². The van der Waals surface area contributed by atoms with E-state index in [1.807, 2.05) is 25.5 Å². The molecule has 0 N–H and O–H groups in total. The molecule has 5 rings (SSSR count). The van der Waals surface area contributed by atoms with Crippen LogP contribution in [0.4, 0.5) is 0 Å². The lowest BCUT2D eigenvalue weighted by molar-refractivity contribution is 0.301. The third-order valence-electron chi connectivity index (χ3n) is 5.60. The van der Waals surface area contributed by atoms with Gasteiger partial charge < -0.3 is 9.30 Å². The second-order valence-corrected chi connectivity index (χ2v) is 9.50. The van der Waals surface area contributed by atoms with Crippen molar-refractivity contribution in [3.8, 4) is 28.3 Å². The van der Waals surface area contributed by atoms with Gasteiger partial charge in [0.1, 0.15) is 5.75 Å². The quantitative estimate of drug-likeness (QED) is 0.393. The SMILES string of the molecule is CCSc1ccc(OCC2CC2)c(-c2cn(C)c(=O)c3cnc(-c4cnn(C)c4)nc23)c1. The average molecular weight is 448 g/mol. The van der Waals surface area contributed by atoms with Gasteiger partial charge in [0.2, 0.25) is 0 Å². The standard InChI is InChI=1S/C24H25N5O2S/c1-4-32-17-7-8-21(31-14-15-5-6-15)18(9-17)20-13-28(2)24(30)19-11-25-23(27-22(19)20)16-10-26-29(3)12-16/h7-13,15H,4-6,14H2,1-3H3. The predicted octanol–water partition coefficient (Wildman–Crippen LogP) is 4.30. The molecule has 1 aromatic carbocycles. The van der Waals surface area contributed by atoms with E-state index in [-0.39, 0.29) is 5.56 Å². The van der Waals surface area contributed by atoms with Crippen LogP contribution in [0.15, 0.2) is 52.7 Å². The zero-order chi connectivity index (χ0) is 22.2. The van der Waals surface area contributed by atoms with Crippen molar-refractivity contribution in [2.24, 2.45) is 20.0 Å². The molecule has 4 aromatic rings. The van der Waals surface area contributed by atoms with E-state index in [4.69, 9.17) is 9.72 Å². The molecular weight excluding hydrogens is 422 g/mol. The Balaban J connectivity index is 1.72. The van der Waals surface area contributed by atoms with Gasteiger partial charge in [0.15, 0.2) is 5.82 Å². The Hall–Kier alpha value is -3.13. The number of aryl methyl sites for hydroxylation is 2. The minimum atomic E-state index is -0.124. The summed E-state index contributed by atoms with van der Waals surface area (Å²) in [6.45, 7) is 2.85. The van der Waals surface area contributed by atoms with Gasteiger partial charge in [-0.15, -0.1) is 11.8 Å². The van der Waals surface area contributed by atoms with Crippen LogP contribution >= 0.6 is 11.8 Å². The molecule has 1 aliphatic carbocycles. The molecule has 7 nitrogen and oxygen atoms in total. The maximum atomic E-state index is 12.9. The topological polar surface area (TPSA) is 74.8 Å². The molecule has 3 heterocycles. The smallest absolute Gasteiger partial charge is 0.261 e. The van der Waals surface area contributed by atoms with E-state index in [0.29, 0.717) is 29.3 Å². The molecule has 8 heteroatoms. The minimum Gasteiger partial charge on any atom is -0.493 e. The fourth-order valence-corrected chi connectivity index (χ4v) is 4.41. The highest BCUT2D eigenvalue weighted by Crippen LogP contribution is 2.38. The van der Waals surface area contributed by atoms with Gasteiger partial charge in [-0.1, -0.05) is 6.92 Å². The molecule has 1 saturated carbocycles. The van der Waals surface area contributed by atoms with Gasteiger partial charge in [-0.05, 0) is 42.7 Å². The molecule has 0 saturated heterocycles. The number of benzene rings is 1. The molecule has 164 valence electrons. The molecule has 1 aliphatic rings. The van der Waals surface area contributed by atoms with Gasteiger partial charge in [-0.3, -0.25) is 9.48 Å². The van der Waals surface area contributed by atoms with Crippen molar-refractivity contribution in [3.63, 3.8) is 0 Å². The molecule has 1 fully saturated rings. The van der Waals surface area contributed by atoms with Crippen LogP contribution in [0.1, 0.15) is 19.8 Å². The highest BCUT2D eigenvalue weighted by molar-refractivity contribution is 7.99. The summed E-state index contributed by atoms with van der Waals surface area (Å²) in [5.41, 5.74) is 3.11. The number of hydrogen-bond donors (Lipinski definition) is 0. The molecule has 0 amide bonds. The molecule has 0 unspecified atom stereocenters. The predicted molar refractivity (Wildman–Crippen MR) is 127 cm³/mol. The zero-order valence-corrected chi connectivity index (χ0v) is 19.2. The van der Waals surface area contributed by atoms with Crippen LogP contribution < -0.4 is 10.3 Å².